The van der Waals surface area contributed by atoms with E-state index in [4.69, 9.17) is 0 Å². The molecule has 0 fully saturated rings. The maximum Gasteiger partial charge on any atom is 0.233 e. The first-order chi connectivity index (χ1) is 9.38. The fraction of sp³-hybridized carbons (Fsp3) is 0.500. The maximum atomic E-state index is 11.8. The monoisotopic (exact) mass is 276 g/mol. The molecule has 0 atom stereocenters. The molecule has 1 rings (SSSR count). The number of benzene rings is 1. The second-order valence-corrected chi connectivity index (χ2v) is 5.58. The van der Waals surface area contributed by atoms with Gasteiger partial charge in [0, 0.05) is 12.2 Å². The van der Waals surface area contributed by atoms with Crippen LogP contribution >= 0.6 is 0 Å². The Morgan fingerprint density at radius 3 is 2.45 bits per heavy atom. The molecule has 0 saturated carbocycles. The van der Waals surface area contributed by atoms with Crippen molar-refractivity contribution in [3.63, 3.8) is 0 Å². The summed E-state index contributed by atoms with van der Waals surface area (Å²) in [7, 11) is 0. The zero-order valence-electron chi connectivity index (χ0n) is 12.7. The summed E-state index contributed by atoms with van der Waals surface area (Å²) in [4.78, 5) is 23.4. The van der Waals surface area contributed by atoms with E-state index in [1.165, 1.54) is 0 Å². The SMILES string of the molecule is Cc1ccc(NC(=O)CC(=O)NCCC(C)C)c(C)c1. The Bertz CT molecular complexity index is 481. The molecule has 1 aromatic carbocycles. The molecule has 0 aliphatic heterocycles. The van der Waals surface area contributed by atoms with Crippen LogP contribution in [0.5, 0.6) is 0 Å². The molecule has 0 aromatic heterocycles. The molecule has 2 N–H and O–H groups in total. The van der Waals surface area contributed by atoms with Crippen molar-refractivity contribution in [1.82, 2.24) is 5.32 Å². The normalized spacial score (nSPS) is 10.4. The van der Waals surface area contributed by atoms with Crippen molar-refractivity contribution in [2.75, 3.05) is 11.9 Å². The lowest BCUT2D eigenvalue weighted by molar-refractivity contribution is -0.126. The van der Waals surface area contributed by atoms with Gasteiger partial charge in [-0.05, 0) is 37.8 Å². The molecular weight excluding hydrogens is 252 g/mol. The summed E-state index contributed by atoms with van der Waals surface area (Å²) in [6.07, 6.45) is 0.788. The van der Waals surface area contributed by atoms with E-state index in [9.17, 15) is 9.59 Å². The predicted molar refractivity (Wildman–Crippen MR) is 81.6 cm³/mol. The molecule has 110 valence electrons. The predicted octanol–water partition coefficient (Wildman–Crippen LogP) is 2.79. The summed E-state index contributed by atoms with van der Waals surface area (Å²) in [6.45, 7) is 8.75. The molecule has 4 nitrogen and oxygen atoms in total. The molecule has 0 saturated heterocycles. The summed E-state index contributed by atoms with van der Waals surface area (Å²) in [5, 5.41) is 5.52. The van der Waals surface area contributed by atoms with Gasteiger partial charge in [0.05, 0.1) is 0 Å². The Balaban J connectivity index is 2.41. The molecule has 0 bridgehead atoms. The van der Waals surface area contributed by atoms with Crippen LogP contribution in [0.25, 0.3) is 0 Å². The molecule has 0 heterocycles. The zero-order valence-corrected chi connectivity index (χ0v) is 12.7. The third-order valence-electron chi connectivity index (χ3n) is 3.02. The van der Waals surface area contributed by atoms with Gasteiger partial charge in [0.1, 0.15) is 6.42 Å². The van der Waals surface area contributed by atoms with E-state index < -0.39 is 0 Å². The molecule has 0 aliphatic rings. The van der Waals surface area contributed by atoms with Gasteiger partial charge in [-0.15, -0.1) is 0 Å². The first kappa shape index (κ1) is 16.2. The standard InChI is InChI=1S/C16H24N2O2/c1-11(2)7-8-17-15(19)10-16(20)18-14-6-5-12(3)9-13(14)4/h5-6,9,11H,7-8,10H2,1-4H3,(H,17,19)(H,18,20). The first-order valence-electron chi connectivity index (χ1n) is 7.02. The number of nitrogens with one attached hydrogen (secondary N) is 2. The third kappa shape index (κ3) is 5.87. The molecule has 0 aliphatic carbocycles. The Hall–Kier alpha value is -1.84. The van der Waals surface area contributed by atoms with Crippen molar-refractivity contribution in [3.05, 3.63) is 29.3 Å². The van der Waals surface area contributed by atoms with Gasteiger partial charge in [-0.2, -0.15) is 0 Å². The van der Waals surface area contributed by atoms with Crippen molar-refractivity contribution in [2.24, 2.45) is 5.92 Å². The van der Waals surface area contributed by atoms with Crippen molar-refractivity contribution in [3.8, 4) is 0 Å². The van der Waals surface area contributed by atoms with Gasteiger partial charge in [-0.1, -0.05) is 31.5 Å². The molecule has 1 aromatic rings. The van der Waals surface area contributed by atoms with Gasteiger partial charge in [0.15, 0.2) is 0 Å². The molecule has 0 unspecified atom stereocenters. The summed E-state index contributed by atoms with van der Waals surface area (Å²) >= 11 is 0. The fourth-order valence-corrected chi connectivity index (χ4v) is 1.86. The Morgan fingerprint density at radius 2 is 1.85 bits per heavy atom. The number of hydrogen-bond donors (Lipinski definition) is 2. The van der Waals surface area contributed by atoms with Gasteiger partial charge in [-0.3, -0.25) is 9.59 Å². The van der Waals surface area contributed by atoms with Gasteiger partial charge in [0.2, 0.25) is 11.8 Å². The van der Waals surface area contributed by atoms with Gasteiger partial charge in [0.25, 0.3) is 0 Å². The molecule has 2 amide bonds. The second-order valence-electron chi connectivity index (χ2n) is 5.58. The number of rotatable bonds is 6. The molecule has 4 heteroatoms. The van der Waals surface area contributed by atoms with E-state index in [-0.39, 0.29) is 18.2 Å². The van der Waals surface area contributed by atoms with E-state index in [0.717, 1.165) is 23.2 Å². The van der Waals surface area contributed by atoms with Crippen LogP contribution in [0, 0.1) is 19.8 Å². The summed E-state index contributed by atoms with van der Waals surface area (Å²) in [6, 6.07) is 5.79. The van der Waals surface area contributed by atoms with Gasteiger partial charge in [-0.25, -0.2) is 0 Å². The van der Waals surface area contributed by atoms with Crippen molar-refractivity contribution in [2.45, 2.75) is 40.5 Å². The lowest BCUT2D eigenvalue weighted by Crippen LogP contribution is -2.29. The Labute approximate surface area is 121 Å². The quantitative estimate of drug-likeness (QED) is 0.785. The lowest BCUT2D eigenvalue weighted by atomic mass is 10.1. The van der Waals surface area contributed by atoms with Crippen LogP contribution in [0.15, 0.2) is 18.2 Å². The molecule has 0 spiro atoms. The Kier molecular flexibility index (Phi) is 6.22. The largest absolute Gasteiger partial charge is 0.356 e. The minimum absolute atomic E-state index is 0.134. The summed E-state index contributed by atoms with van der Waals surface area (Å²) < 4.78 is 0. The van der Waals surface area contributed by atoms with Gasteiger partial charge >= 0.3 is 0 Å². The third-order valence-corrected chi connectivity index (χ3v) is 3.02. The maximum absolute atomic E-state index is 11.8. The topological polar surface area (TPSA) is 58.2 Å². The molecular formula is C16H24N2O2. The number of amides is 2. The highest BCUT2D eigenvalue weighted by molar-refractivity contribution is 6.03. The summed E-state index contributed by atoms with van der Waals surface area (Å²) in [5.41, 5.74) is 2.90. The van der Waals surface area contributed by atoms with Crippen molar-refractivity contribution < 1.29 is 9.59 Å². The van der Waals surface area contributed by atoms with Crippen LogP contribution in [0.1, 0.15) is 37.8 Å². The second kappa shape index (κ2) is 7.68. The smallest absolute Gasteiger partial charge is 0.233 e. The van der Waals surface area contributed by atoms with E-state index >= 15 is 0 Å². The van der Waals surface area contributed by atoms with Crippen LogP contribution in [0.4, 0.5) is 5.69 Å². The zero-order chi connectivity index (χ0) is 15.1. The highest BCUT2D eigenvalue weighted by Crippen LogP contribution is 2.16. The Morgan fingerprint density at radius 1 is 1.15 bits per heavy atom. The minimum Gasteiger partial charge on any atom is -0.356 e. The van der Waals surface area contributed by atoms with E-state index in [2.05, 4.69) is 24.5 Å². The van der Waals surface area contributed by atoms with Crippen LogP contribution in [0.3, 0.4) is 0 Å². The first-order valence-corrected chi connectivity index (χ1v) is 7.02. The fourth-order valence-electron chi connectivity index (χ4n) is 1.86. The summed E-state index contributed by atoms with van der Waals surface area (Å²) in [5.74, 6) is 0.0336. The highest BCUT2D eigenvalue weighted by atomic mass is 16.2. The number of carbonyl (C=O) groups excluding carboxylic acids is 2. The van der Waals surface area contributed by atoms with Crippen LogP contribution in [0.2, 0.25) is 0 Å². The number of anilines is 1. The van der Waals surface area contributed by atoms with E-state index in [1.807, 2.05) is 32.0 Å². The van der Waals surface area contributed by atoms with Gasteiger partial charge < -0.3 is 10.6 Å². The number of hydrogen-bond acceptors (Lipinski definition) is 2. The number of carbonyl (C=O) groups is 2. The molecule has 20 heavy (non-hydrogen) atoms. The minimum atomic E-state index is -0.279. The number of aryl methyl sites for hydroxylation is 2. The van der Waals surface area contributed by atoms with E-state index in [1.54, 1.807) is 0 Å². The van der Waals surface area contributed by atoms with E-state index in [0.29, 0.717) is 12.5 Å². The van der Waals surface area contributed by atoms with Crippen molar-refractivity contribution >= 4 is 17.5 Å². The van der Waals surface area contributed by atoms with Crippen LogP contribution in [-0.2, 0) is 9.59 Å². The highest BCUT2D eigenvalue weighted by Gasteiger charge is 2.10. The average Bonchev–Trinajstić information content (AvgIpc) is 2.32. The lowest BCUT2D eigenvalue weighted by Gasteiger charge is -2.10. The van der Waals surface area contributed by atoms with Crippen LogP contribution < -0.4 is 10.6 Å². The molecule has 0 radical (unpaired) electrons. The van der Waals surface area contributed by atoms with Crippen LogP contribution in [-0.4, -0.2) is 18.4 Å². The van der Waals surface area contributed by atoms with Crippen molar-refractivity contribution in [1.29, 1.82) is 0 Å². The average molecular weight is 276 g/mol.